The number of hydrogen-bond acceptors (Lipinski definition) is 4. The number of aliphatic carboxylic acids is 1. The Bertz CT molecular complexity index is 658. The highest BCUT2D eigenvalue weighted by Gasteiger charge is 2.36. The monoisotopic (exact) mass is 340 g/mol. The fourth-order valence-corrected chi connectivity index (χ4v) is 4.65. The lowest BCUT2D eigenvalue weighted by molar-refractivity contribution is -0.145. The number of nitrogens with zero attached hydrogens (tertiary/aromatic N) is 2. The van der Waals surface area contributed by atoms with E-state index >= 15 is 0 Å². The van der Waals surface area contributed by atoms with Crippen molar-refractivity contribution in [2.24, 2.45) is 0 Å². The maximum absolute atomic E-state index is 12.7. The topological polar surface area (TPSA) is 87.1 Å². The van der Waals surface area contributed by atoms with Crippen LogP contribution >= 0.6 is 0 Å². The minimum atomic E-state index is -3.49. The summed E-state index contributed by atoms with van der Waals surface area (Å²) >= 11 is 0. The molecule has 0 bridgehead atoms. The average molecular weight is 340 g/mol. The molecule has 2 aliphatic heterocycles. The lowest BCUT2D eigenvalue weighted by Gasteiger charge is -2.33. The molecule has 1 aromatic rings. The van der Waals surface area contributed by atoms with Crippen molar-refractivity contribution in [3.05, 3.63) is 35.4 Å². The summed E-state index contributed by atoms with van der Waals surface area (Å²) in [6, 6.07) is 7.74. The van der Waals surface area contributed by atoms with Crippen LogP contribution in [0.15, 0.2) is 24.3 Å². The normalized spacial score (nSPS) is 20.5. The van der Waals surface area contributed by atoms with Gasteiger partial charge in [-0.1, -0.05) is 24.3 Å². The van der Waals surface area contributed by atoms with Crippen molar-refractivity contribution in [1.82, 2.24) is 8.61 Å². The molecule has 3 rings (SSSR count). The molecule has 0 unspecified atom stereocenters. The summed E-state index contributed by atoms with van der Waals surface area (Å²) in [6.45, 7) is 1.21. The zero-order chi connectivity index (χ0) is 16.4. The average Bonchev–Trinajstić information content (AvgIpc) is 2.98. The van der Waals surface area contributed by atoms with Crippen LogP contribution in [0.5, 0.6) is 0 Å². The van der Waals surface area contributed by atoms with Gasteiger partial charge in [-0.25, -0.2) is 4.79 Å². The molecule has 0 atom stereocenters. The molecular weight excluding hydrogens is 320 g/mol. The summed E-state index contributed by atoms with van der Waals surface area (Å²) in [5, 5.41) is 8.62. The van der Waals surface area contributed by atoms with E-state index in [0.717, 1.165) is 11.1 Å². The molecular formula is C15H20N2O5S. The number of hydrogen-bond donors (Lipinski definition) is 1. The van der Waals surface area contributed by atoms with E-state index in [2.05, 4.69) is 0 Å². The molecule has 2 aliphatic rings. The van der Waals surface area contributed by atoms with E-state index in [1.165, 1.54) is 8.61 Å². The zero-order valence-corrected chi connectivity index (χ0v) is 13.5. The molecule has 0 spiro atoms. The van der Waals surface area contributed by atoms with E-state index in [1.807, 2.05) is 24.3 Å². The third-order valence-corrected chi connectivity index (χ3v) is 6.24. The highest BCUT2D eigenvalue weighted by molar-refractivity contribution is 7.86. The number of carboxylic acids is 1. The van der Waals surface area contributed by atoms with E-state index in [4.69, 9.17) is 9.84 Å². The summed E-state index contributed by atoms with van der Waals surface area (Å²) in [5.41, 5.74) is 2.10. The first kappa shape index (κ1) is 16.4. The smallest absolute Gasteiger partial charge is 0.329 e. The maximum atomic E-state index is 12.7. The molecule has 126 valence electrons. The first-order valence-electron chi connectivity index (χ1n) is 7.62. The molecule has 1 saturated heterocycles. The SMILES string of the molecule is O=C(O)COC1CCN(S(=O)(=O)N2Cc3ccccc3C2)CC1. The van der Waals surface area contributed by atoms with Crippen molar-refractivity contribution in [1.29, 1.82) is 0 Å². The van der Waals surface area contributed by atoms with E-state index in [1.54, 1.807) is 0 Å². The fraction of sp³-hybridized carbons (Fsp3) is 0.533. The van der Waals surface area contributed by atoms with Crippen LogP contribution < -0.4 is 0 Å². The van der Waals surface area contributed by atoms with Gasteiger partial charge < -0.3 is 9.84 Å². The van der Waals surface area contributed by atoms with Crippen LogP contribution in [-0.2, 0) is 32.8 Å². The molecule has 8 heteroatoms. The minimum Gasteiger partial charge on any atom is -0.480 e. The first-order chi connectivity index (χ1) is 11.0. The Labute approximate surface area is 135 Å². The van der Waals surface area contributed by atoms with Gasteiger partial charge in [0, 0.05) is 26.2 Å². The molecule has 0 aromatic heterocycles. The Kier molecular flexibility index (Phi) is 4.67. The van der Waals surface area contributed by atoms with Gasteiger partial charge in [0.05, 0.1) is 6.10 Å². The van der Waals surface area contributed by atoms with Crippen LogP contribution in [0.1, 0.15) is 24.0 Å². The van der Waals surface area contributed by atoms with Crippen LogP contribution in [0.3, 0.4) is 0 Å². The van der Waals surface area contributed by atoms with Crippen molar-refractivity contribution in [3.63, 3.8) is 0 Å². The number of carbonyl (C=O) groups is 1. The molecule has 0 aliphatic carbocycles. The van der Waals surface area contributed by atoms with Gasteiger partial charge in [0.2, 0.25) is 0 Å². The number of benzene rings is 1. The van der Waals surface area contributed by atoms with Gasteiger partial charge in [-0.3, -0.25) is 0 Å². The Hall–Kier alpha value is -1.48. The van der Waals surface area contributed by atoms with E-state index in [9.17, 15) is 13.2 Å². The van der Waals surface area contributed by atoms with Crippen molar-refractivity contribution < 1.29 is 23.1 Å². The van der Waals surface area contributed by atoms with Gasteiger partial charge in [-0.15, -0.1) is 0 Å². The molecule has 1 N–H and O–H groups in total. The second-order valence-electron chi connectivity index (χ2n) is 5.85. The second kappa shape index (κ2) is 6.56. The van der Waals surface area contributed by atoms with Crippen LogP contribution in [0.2, 0.25) is 0 Å². The summed E-state index contributed by atoms with van der Waals surface area (Å²) in [7, 11) is -3.49. The summed E-state index contributed by atoms with van der Waals surface area (Å²) in [6.07, 6.45) is 0.856. The summed E-state index contributed by atoms with van der Waals surface area (Å²) in [4.78, 5) is 10.5. The Morgan fingerprint density at radius 2 is 1.70 bits per heavy atom. The molecule has 0 saturated carbocycles. The van der Waals surface area contributed by atoms with Crippen molar-refractivity contribution in [3.8, 4) is 0 Å². The molecule has 0 amide bonds. The summed E-state index contributed by atoms with van der Waals surface area (Å²) < 4.78 is 33.7. The number of carboxylic acid groups (broad SMARTS) is 1. The molecule has 1 aromatic carbocycles. The Morgan fingerprint density at radius 1 is 1.13 bits per heavy atom. The van der Waals surface area contributed by atoms with Gasteiger partial charge in [0.1, 0.15) is 6.61 Å². The van der Waals surface area contributed by atoms with Gasteiger partial charge in [-0.05, 0) is 24.0 Å². The van der Waals surface area contributed by atoms with Crippen LogP contribution in [0, 0.1) is 0 Å². The molecule has 23 heavy (non-hydrogen) atoms. The Morgan fingerprint density at radius 3 is 2.22 bits per heavy atom. The van der Waals surface area contributed by atoms with E-state index in [0.29, 0.717) is 39.0 Å². The minimum absolute atomic E-state index is 0.187. The molecule has 1 fully saturated rings. The van der Waals surface area contributed by atoms with Gasteiger partial charge in [0.15, 0.2) is 0 Å². The second-order valence-corrected chi connectivity index (χ2v) is 7.78. The number of piperidine rings is 1. The molecule has 7 nitrogen and oxygen atoms in total. The number of fused-ring (bicyclic) bond motifs is 1. The molecule has 0 radical (unpaired) electrons. The van der Waals surface area contributed by atoms with Crippen LogP contribution in [0.4, 0.5) is 0 Å². The third-order valence-electron chi connectivity index (χ3n) is 4.31. The predicted molar refractivity (Wildman–Crippen MR) is 82.8 cm³/mol. The zero-order valence-electron chi connectivity index (χ0n) is 12.7. The van der Waals surface area contributed by atoms with Gasteiger partial charge in [0.25, 0.3) is 10.2 Å². The number of ether oxygens (including phenoxy) is 1. The third kappa shape index (κ3) is 3.55. The fourth-order valence-electron chi connectivity index (χ4n) is 3.05. The largest absolute Gasteiger partial charge is 0.480 e. The standard InChI is InChI=1S/C15H20N2O5S/c18-15(19)11-22-14-5-7-16(8-6-14)23(20,21)17-9-12-3-1-2-4-13(12)10-17/h1-4,14H,5-11H2,(H,18,19). The lowest BCUT2D eigenvalue weighted by atomic mass is 10.1. The first-order valence-corrected chi connectivity index (χ1v) is 9.02. The van der Waals surface area contributed by atoms with E-state index < -0.39 is 16.2 Å². The van der Waals surface area contributed by atoms with Crippen LogP contribution in [0.25, 0.3) is 0 Å². The van der Waals surface area contributed by atoms with Crippen molar-refractivity contribution >= 4 is 16.2 Å². The van der Waals surface area contributed by atoms with Crippen molar-refractivity contribution in [2.45, 2.75) is 32.0 Å². The van der Waals surface area contributed by atoms with Gasteiger partial charge >= 0.3 is 5.97 Å². The number of rotatable bonds is 5. The Balaban J connectivity index is 1.59. The summed E-state index contributed by atoms with van der Waals surface area (Å²) in [5.74, 6) is -1.00. The lowest BCUT2D eigenvalue weighted by Crippen LogP contribution is -2.46. The predicted octanol–water partition coefficient (Wildman–Crippen LogP) is 0.813. The highest BCUT2D eigenvalue weighted by Crippen LogP contribution is 2.28. The maximum Gasteiger partial charge on any atom is 0.329 e. The van der Waals surface area contributed by atoms with E-state index in [-0.39, 0.29) is 12.7 Å². The van der Waals surface area contributed by atoms with Gasteiger partial charge in [-0.2, -0.15) is 17.0 Å². The highest BCUT2D eigenvalue weighted by atomic mass is 32.2. The van der Waals surface area contributed by atoms with Crippen LogP contribution in [-0.4, -0.2) is 53.9 Å². The van der Waals surface area contributed by atoms with Crippen molar-refractivity contribution in [2.75, 3.05) is 19.7 Å². The quantitative estimate of drug-likeness (QED) is 0.857. The molecule has 2 heterocycles.